The largest absolute Gasteiger partial charge is 0.314 e. The van der Waals surface area contributed by atoms with Gasteiger partial charge in [-0.2, -0.15) is 5.26 Å². The molecule has 0 unspecified atom stereocenters. The van der Waals surface area contributed by atoms with Crippen molar-refractivity contribution >= 4 is 40.7 Å². The van der Waals surface area contributed by atoms with Crippen LogP contribution < -0.4 is 5.32 Å². The summed E-state index contributed by atoms with van der Waals surface area (Å²) in [5, 5.41) is 12.4. The van der Waals surface area contributed by atoms with Crippen LogP contribution in [0.4, 0.5) is 0 Å². The normalized spacial score (nSPS) is 16.4. The number of nitriles is 1. The number of nitrogens with one attached hydrogen (secondary N) is 1. The lowest BCUT2D eigenvalue weighted by Gasteiger charge is -2.34. The molecular weight excluding hydrogens is 361 g/mol. The van der Waals surface area contributed by atoms with Gasteiger partial charge in [-0.15, -0.1) is 24.8 Å². The Hall–Kier alpha value is -0.310. The second kappa shape index (κ2) is 9.59. The summed E-state index contributed by atoms with van der Waals surface area (Å²) in [5.74, 6) is 0. The molecule has 0 saturated carbocycles. The van der Waals surface area contributed by atoms with Gasteiger partial charge in [-0.3, -0.25) is 4.90 Å². The number of rotatable bonds is 3. The minimum Gasteiger partial charge on any atom is -0.314 e. The fourth-order valence-corrected chi connectivity index (χ4v) is 3.18. The smallest absolute Gasteiger partial charge is 0.0641 e. The molecule has 0 spiro atoms. The maximum absolute atomic E-state index is 9.07. The third-order valence-corrected chi connectivity index (χ3v) is 4.08. The van der Waals surface area contributed by atoms with E-state index < -0.39 is 0 Å². The summed E-state index contributed by atoms with van der Waals surface area (Å²) >= 11 is 3.63. The van der Waals surface area contributed by atoms with Gasteiger partial charge >= 0.3 is 0 Å². The summed E-state index contributed by atoms with van der Waals surface area (Å²) in [6, 6.07) is 8.91. The third-order valence-electron chi connectivity index (χ3n) is 3.39. The van der Waals surface area contributed by atoms with Crippen LogP contribution in [0, 0.1) is 18.3 Å². The van der Waals surface area contributed by atoms with Crippen LogP contribution in [-0.4, -0.2) is 31.1 Å². The van der Waals surface area contributed by atoms with E-state index in [9.17, 15) is 0 Å². The van der Waals surface area contributed by atoms with Crippen molar-refractivity contribution in [2.45, 2.75) is 19.4 Å². The average Bonchev–Trinajstić information content (AvgIpc) is 2.38. The Balaban J connectivity index is 0.00000180. The molecule has 2 rings (SSSR count). The molecule has 0 aromatic heterocycles. The molecular formula is C14H20BrCl2N3. The van der Waals surface area contributed by atoms with Crippen molar-refractivity contribution in [2.24, 2.45) is 0 Å². The van der Waals surface area contributed by atoms with E-state index in [0.717, 1.165) is 30.7 Å². The fourth-order valence-electron chi connectivity index (χ4n) is 2.42. The van der Waals surface area contributed by atoms with Crippen LogP contribution in [0.25, 0.3) is 0 Å². The molecule has 1 aliphatic rings. The average molecular weight is 381 g/mol. The highest BCUT2D eigenvalue weighted by molar-refractivity contribution is 9.10. The maximum Gasteiger partial charge on any atom is 0.0641 e. The molecule has 0 aliphatic carbocycles. The minimum atomic E-state index is 0. The number of hydrogen-bond donors (Lipinski definition) is 1. The van der Waals surface area contributed by atoms with E-state index >= 15 is 0 Å². The molecule has 0 amide bonds. The maximum atomic E-state index is 9.07. The van der Waals surface area contributed by atoms with Gasteiger partial charge in [0.2, 0.25) is 0 Å². The standard InChI is InChI=1S/C14H18BrN3.2ClH/c1-11-2-3-12(13(15)10-11)14(4-5-16)18-8-6-17-7-9-18;;/h2-3,10,14,17H,4,6-9H2,1H3;2*1H/t14-;;/m1../s1. The van der Waals surface area contributed by atoms with Crippen molar-refractivity contribution in [1.29, 1.82) is 5.26 Å². The summed E-state index contributed by atoms with van der Waals surface area (Å²) in [6.07, 6.45) is 0.543. The second-order valence-corrected chi connectivity index (χ2v) is 5.54. The van der Waals surface area contributed by atoms with Crippen molar-refractivity contribution < 1.29 is 0 Å². The lowest BCUT2D eigenvalue weighted by Crippen LogP contribution is -2.45. The van der Waals surface area contributed by atoms with Gasteiger partial charge in [0.1, 0.15) is 0 Å². The van der Waals surface area contributed by atoms with Gasteiger partial charge in [0.25, 0.3) is 0 Å². The molecule has 3 nitrogen and oxygen atoms in total. The highest BCUT2D eigenvalue weighted by atomic mass is 79.9. The van der Waals surface area contributed by atoms with E-state index in [1.165, 1.54) is 11.1 Å². The Morgan fingerprint density at radius 2 is 2.00 bits per heavy atom. The van der Waals surface area contributed by atoms with E-state index in [0.29, 0.717) is 6.42 Å². The first-order valence-electron chi connectivity index (χ1n) is 6.30. The van der Waals surface area contributed by atoms with Gasteiger partial charge in [0.05, 0.1) is 12.5 Å². The summed E-state index contributed by atoms with van der Waals surface area (Å²) < 4.78 is 1.11. The van der Waals surface area contributed by atoms with Crippen LogP contribution in [0.1, 0.15) is 23.6 Å². The highest BCUT2D eigenvalue weighted by Crippen LogP contribution is 2.31. The Morgan fingerprint density at radius 3 is 2.55 bits per heavy atom. The first kappa shape index (κ1) is 19.7. The van der Waals surface area contributed by atoms with Gasteiger partial charge in [-0.1, -0.05) is 28.1 Å². The topological polar surface area (TPSA) is 39.1 Å². The molecule has 112 valence electrons. The molecule has 1 aromatic rings. The molecule has 1 saturated heterocycles. The molecule has 0 radical (unpaired) electrons. The van der Waals surface area contributed by atoms with Crippen LogP contribution in [0.5, 0.6) is 0 Å². The van der Waals surface area contributed by atoms with Crippen molar-refractivity contribution in [2.75, 3.05) is 26.2 Å². The fraction of sp³-hybridized carbons (Fsp3) is 0.500. The summed E-state index contributed by atoms with van der Waals surface area (Å²) in [4.78, 5) is 2.40. The van der Waals surface area contributed by atoms with Crippen LogP contribution >= 0.6 is 40.7 Å². The first-order valence-corrected chi connectivity index (χ1v) is 7.09. The summed E-state index contributed by atoms with van der Waals surface area (Å²) in [6.45, 7) is 6.11. The Morgan fingerprint density at radius 1 is 1.35 bits per heavy atom. The van der Waals surface area contributed by atoms with Crippen molar-refractivity contribution in [3.63, 3.8) is 0 Å². The van der Waals surface area contributed by atoms with E-state index in [1.807, 2.05) is 0 Å². The van der Waals surface area contributed by atoms with Gasteiger partial charge in [-0.25, -0.2) is 0 Å². The molecule has 1 aliphatic heterocycles. The Labute approximate surface area is 141 Å². The predicted molar refractivity (Wildman–Crippen MR) is 90.8 cm³/mol. The zero-order valence-corrected chi connectivity index (χ0v) is 14.7. The lowest BCUT2D eigenvalue weighted by molar-refractivity contribution is 0.175. The van der Waals surface area contributed by atoms with Gasteiger partial charge in [0.15, 0.2) is 0 Å². The number of aryl methyl sites for hydroxylation is 1. The molecule has 1 aromatic carbocycles. The van der Waals surface area contributed by atoms with Gasteiger partial charge in [0, 0.05) is 36.7 Å². The van der Waals surface area contributed by atoms with E-state index in [1.54, 1.807) is 0 Å². The molecule has 1 heterocycles. The Kier molecular flexibility index (Phi) is 9.45. The molecule has 0 bridgehead atoms. The van der Waals surface area contributed by atoms with Gasteiger partial charge in [-0.05, 0) is 24.1 Å². The first-order chi connectivity index (χ1) is 8.72. The number of benzene rings is 1. The van der Waals surface area contributed by atoms with Crippen LogP contribution in [0.2, 0.25) is 0 Å². The number of halogens is 3. The number of nitrogens with zero attached hydrogens (tertiary/aromatic N) is 2. The van der Waals surface area contributed by atoms with E-state index in [2.05, 4.69) is 57.3 Å². The molecule has 1 fully saturated rings. The second-order valence-electron chi connectivity index (χ2n) is 4.69. The van der Waals surface area contributed by atoms with Crippen molar-refractivity contribution in [1.82, 2.24) is 10.2 Å². The lowest BCUT2D eigenvalue weighted by atomic mass is 10.0. The summed E-state index contributed by atoms with van der Waals surface area (Å²) in [5.41, 5.74) is 2.46. The molecule has 20 heavy (non-hydrogen) atoms. The van der Waals surface area contributed by atoms with Crippen LogP contribution in [0.3, 0.4) is 0 Å². The molecule has 1 N–H and O–H groups in total. The monoisotopic (exact) mass is 379 g/mol. The SMILES string of the molecule is Cc1ccc([C@@H](CC#N)N2CCNCC2)c(Br)c1.Cl.Cl. The predicted octanol–water partition coefficient (Wildman–Crippen LogP) is 3.46. The minimum absolute atomic E-state index is 0. The zero-order chi connectivity index (χ0) is 13.0. The van der Waals surface area contributed by atoms with Gasteiger partial charge < -0.3 is 5.32 Å². The zero-order valence-electron chi connectivity index (χ0n) is 11.4. The number of hydrogen-bond acceptors (Lipinski definition) is 3. The van der Waals surface area contributed by atoms with E-state index in [-0.39, 0.29) is 30.9 Å². The van der Waals surface area contributed by atoms with Crippen molar-refractivity contribution in [3.8, 4) is 6.07 Å². The highest BCUT2D eigenvalue weighted by Gasteiger charge is 2.23. The Bertz CT molecular complexity index is 456. The van der Waals surface area contributed by atoms with Crippen molar-refractivity contribution in [3.05, 3.63) is 33.8 Å². The van der Waals surface area contributed by atoms with Crippen LogP contribution in [0.15, 0.2) is 22.7 Å². The van der Waals surface area contributed by atoms with Crippen LogP contribution in [-0.2, 0) is 0 Å². The third kappa shape index (κ3) is 4.91. The van der Waals surface area contributed by atoms with E-state index in [4.69, 9.17) is 5.26 Å². The quantitative estimate of drug-likeness (QED) is 0.872. The molecule has 6 heteroatoms. The number of piperazine rings is 1. The molecule has 1 atom stereocenters. The summed E-state index contributed by atoms with van der Waals surface area (Å²) in [7, 11) is 0.